The molecule has 0 aliphatic heterocycles. The van der Waals surface area contributed by atoms with Crippen molar-refractivity contribution in [1.29, 1.82) is 0 Å². The molecule has 0 aliphatic rings. The van der Waals surface area contributed by atoms with Crippen LogP contribution in [0.4, 0.5) is 10.2 Å². The van der Waals surface area contributed by atoms with Crippen LogP contribution in [-0.2, 0) is 16.4 Å². The fraction of sp³-hybridized carbons (Fsp3) is 0.286. The zero-order valence-corrected chi connectivity index (χ0v) is 22.7. The van der Waals surface area contributed by atoms with Crippen LogP contribution in [0.5, 0.6) is 11.5 Å². The Morgan fingerprint density at radius 3 is 2.46 bits per heavy atom. The Morgan fingerprint density at radius 1 is 1.08 bits per heavy atom. The first-order chi connectivity index (χ1) is 18.8. The monoisotopic (exact) mass is 555 g/mol. The molecule has 0 atom stereocenters. The molecule has 0 fully saturated rings. The molecule has 0 saturated carbocycles. The van der Waals surface area contributed by atoms with Crippen molar-refractivity contribution < 1.29 is 31.5 Å². The first kappa shape index (κ1) is 27.9. The fourth-order valence-corrected chi connectivity index (χ4v) is 5.25. The zero-order valence-electron chi connectivity index (χ0n) is 21.9. The number of carbonyl (C=O) groups is 1. The third kappa shape index (κ3) is 6.48. The zero-order chi connectivity index (χ0) is 28.0. The summed E-state index contributed by atoms with van der Waals surface area (Å²) < 4.78 is 58.7. The summed E-state index contributed by atoms with van der Waals surface area (Å²) in [6, 6.07) is 14.5. The maximum absolute atomic E-state index is 13.5. The van der Waals surface area contributed by atoms with Crippen molar-refractivity contribution >= 4 is 32.8 Å². The number of nitrogens with one attached hydrogen (secondary N) is 2. The molecule has 0 spiro atoms. The number of carbonyl (C=O) groups excluding carboxylic acids is 1. The second kappa shape index (κ2) is 12.2. The number of pyridine rings is 1. The number of para-hydroxylation sites is 2. The molecule has 2 N–H and O–H groups in total. The lowest BCUT2D eigenvalue weighted by Crippen LogP contribution is -2.19. The molecule has 4 aromatic rings. The maximum atomic E-state index is 13.5. The van der Waals surface area contributed by atoms with E-state index in [9.17, 15) is 17.6 Å². The molecule has 39 heavy (non-hydrogen) atoms. The molecular formula is C28H30FN3O6S. The smallest absolute Gasteiger partial charge is 0.255 e. The lowest BCUT2D eigenvalue weighted by molar-refractivity contribution is 0.0964. The van der Waals surface area contributed by atoms with Gasteiger partial charge in [0, 0.05) is 12.6 Å². The number of aryl methyl sites for hydroxylation is 1. The molecule has 11 heteroatoms. The Balaban J connectivity index is 1.52. The van der Waals surface area contributed by atoms with Crippen molar-refractivity contribution in [2.75, 3.05) is 31.2 Å². The lowest BCUT2D eigenvalue weighted by Gasteiger charge is -2.12. The summed E-state index contributed by atoms with van der Waals surface area (Å²) in [7, 11) is -0.679. The van der Waals surface area contributed by atoms with Crippen molar-refractivity contribution in [2.24, 2.45) is 0 Å². The predicted molar refractivity (Wildman–Crippen MR) is 147 cm³/mol. The van der Waals surface area contributed by atoms with Crippen LogP contribution in [0.25, 0.3) is 22.4 Å². The molecule has 9 nitrogen and oxygen atoms in total. The van der Waals surface area contributed by atoms with Crippen LogP contribution >= 0.6 is 0 Å². The number of anilines is 1. The SMILES string of the molecule is CCc1cc2c(C(=O)NC)c(-c3ccc(F)cc3)oc2nc1NS(=O)(=O)CCCCOc1ccccc1OC. The summed E-state index contributed by atoms with van der Waals surface area (Å²) in [6.07, 6.45) is 1.34. The van der Waals surface area contributed by atoms with Crippen LogP contribution in [0, 0.1) is 5.82 Å². The van der Waals surface area contributed by atoms with Gasteiger partial charge in [-0.3, -0.25) is 9.52 Å². The molecule has 2 aromatic carbocycles. The minimum absolute atomic E-state index is 0.0908. The van der Waals surface area contributed by atoms with Crippen molar-refractivity contribution in [3.05, 3.63) is 71.5 Å². The highest BCUT2D eigenvalue weighted by Gasteiger charge is 2.25. The number of unbranched alkanes of at least 4 members (excludes halogenated alkanes) is 1. The van der Waals surface area contributed by atoms with Crippen LogP contribution in [0.3, 0.4) is 0 Å². The number of nitrogens with zero attached hydrogens (tertiary/aromatic N) is 1. The predicted octanol–water partition coefficient (Wildman–Crippen LogP) is 5.17. The van der Waals surface area contributed by atoms with Gasteiger partial charge in [0.2, 0.25) is 15.7 Å². The maximum Gasteiger partial charge on any atom is 0.255 e. The largest absolute Gasteiger partial charge is 0.493 e. The average molecular weight is 556 g/mol. The van der Waals surface area contributed by atoms with Gasteiger partial charge in [0.1, 0.15) is 17.4 Å². The van der Waals surface area contributed by atoms with E-state index < -0.39 is 21.7 Å². The number of rotatable bonds is 12. The number of aromatic nitrogens is 1. The number of hydrogen-bond donors (Lipinski definition) is 2. The van der Waals surface area contributed by atoms with Gasteiger partial charge in [-0.2, -0.15) is 4.98 Å². The highest BCUT2D eigenvalue weighted by atomic mass is 32.2. The van der Waals surface area contributed by atoms with Crippen LogP contribution in [0.2, 0.25) is 0 Å². The molecule has 0 bridgehead atoms. The molecule has 2 heterocycles. The van der Waals surface area contributed by atoms with Crippen molar-refractivity contribution in [3.63, 3.8) is 0 Å². The Morgan fingerprint density at radius 2 is 1.79 bits per heavy atom. The van der Waals surface area contributed by atoms with E-state index in [1.165, 1.54) is 31.3 Å². The van der Waals surface area contributed by atoms with E-state index in [0.29, 0.717) is 53.9 Å². The van der Waals surface area contributed by atoms with Crippen LogP contribution < -0.4 is 19.5 Å². The summed E-state index contributed by atoms with van der Waals surface area (Å²) in [5.74, 6) is 0.604. The number of benzene rings is 2. The molecular weight excluding hydrogens is 525 g/mol. The van der Waals surface area contributed by atoms with Crippen molar-refractivity contribution in [1.82, 2.24) is 10.3 Å². The number of furan rings is 1. The molecule has 2 aromatic heterocycles. The van der Waals surface area contributed by atoms with Crippen LogP contribution in [0.1, 0.15) is 35.7 Å². The Hall–Kier alpha value is -4.12. The quantitative estimate of drug-likeness (QED) is 0.232. The van der Waals surface area contributed by atoms with Gasteiger partial charge < -0.3 is 19.2 Å². The first-order valence-corrected chi connectivity index (χ1v) is 14.1. The van der Waals surface area contributed by atoms with E-state index in [4.69, 9.17) is 13.9 Å². The third-order valence-electron chi connectivity index (χ3n) is 6.09. The van der Waals surface area contributed by atoms with E-state index in [1.54, 1.807) is 25.3 Å². The number of sulfonamides is 1. The third-order valence-corrected chi connectivity index (χ3v) is 7.42. The normalized spacial score (nSPS) is 11.4. The van der Waals surface area contributed by atoms with Gasteiger partial charge in [-0.15, -0.1) is 0 Å². The topological polar surface area (TPSA) is 120 Å². The van der Waals surface area contributed by atoms with E-state index >= 15 is 0 Å². The summed E-state index contributed by atoms with van der Waals surface area (Å²) in [5, 5.41) is 3.02. The van der Waals surface area contributed by atoms with Crippen LogP contribution in [0.15, 0.2) is 59.0 Å². The molecule has 4 rings (SSSR count). The van der Waals surface area contributed by atoms with E-state index in [-0.39, 0.29) is 28.6 Å². The number of halogens is 1. The highest BCUT2D eigenvalue weighted by Crippen LogP contribution is 2.35. The molecule has 0 aliphatic carbocycles. The average Bonchev–Trinajstić information content (AvgIpc) is 3.30. The number of amides is 1. The van der Waals surface area contributed by atoms with Gasteiger partial charge in [0.15, 0.2) is 11.5 Å². The van der Waals surface area contributed by atoms with Gasteiger partial charge in [-0.1, -0.05) is 19.1 Å². The first-order valence-electron chi connectivity index (χ1n) is 12.5. The van der Waals surface area contributed by atoms with E-state index in [2.05, 4.69) is 15.0 Å². The molecule has 1 amide bonds. The summed E-state index contributed by atoms with van der Waals surface area (Å²) >= 11 is 0. The van der Waals surface area contributed by atoms with Crippen molar-refractivity contribution in [2.45, 2.75) is 26.2 Å². The Labute approximate surface area is 226 Å². The lowest BCUT2D eigenvalue weighted by atomic mass is 10.0. The van der Waals surface area contributed by atoms with E-state index in [0.717, 1.165) is 0 Å². The van der Waals surface area contributed by atoms with Gasteiger partial charge >= 0.3 is 0 Å². The minimum atomic E-state index is -3.73. The molecule has 0 unspecified atom stereocenters. The second-order valence-corrected chi connectivity index (χ2v) is 10.6. The minimum Gasteiger partial charge on any atom is -0.493 e. The highest BCUT2D eigenvalue weighted by molar-refractivity contribution is 7.92. The van der Waals surface area contributed by atoms with Gasteiger partial charge in [-0.05, 0) is 67.3 Å². The Kier molecular flexibility index (Phi) is 8.70. The molecule has 0 saturated heterocycles. The molecule has 206 valence electrons. The number of fused-ring (bicyclic) bond motifs is 1. The summed E-state index contributed by atoms with van der Waals surface area (Å²) in [5.41, 5.74) is 1.42. The van der Waals surface area contributed by atoms with Gasteiger partial charge in [0.05, 0.1) is 30.4 Å². The number of hydrogen-bond acceptors (Lipinski definition) is 7. The van der Waals surface area contributed by atoms with Crippen LogP contribution in [-0.4, -0.2) is 45.8 Å². The standard InChI is InChI=1S/C28H30FN3O6S/c1-4-18-17-21-24(27(33)30-2)25(19-11-13-20(29)14-12-19)38-28(21)31-26(18)32-39(34,35)16-8-7-15-37-23-10-6-5-9-22(23)36-3/h5-6,9-14,17H,4,7-8,15-16H2,1-3H3,(H,30,33)(H,31,32). The molecule has 0 radical (unpaired) electrons. The summed E-state index contributed by atoms with van der Waals surface area (Å²) in [6.45, 7) is 2.19. The van der Waals surface area contributed by atoms with Gasteiger partial charge in [-0.25, -0.2) is 12.8 Å². The van der Waals surface area contributed by atoms with Gasteiger partial charge in [0.25, 0.3) is 5.91 Å². The summed E-state index contributed by atoms with van der Waals surface area (Å²) in [4.78, 5) is 17.2. The number of ether oxygens (including phenoxy) is 2. The second-order valence-electron chi connectivity index (χ2n) is 8.72. The van der Waals surface area contributed by atoms with E-state index in [1.807, 2.05) is 19.1 Å². The fourth-order valence-electron chi connectivity index (χ4n) is 4.09. The Bertz CT molecular complexity index is 1570. The number of methoxy groups -OCH3 is 1. The van der Waals surface area contributed by atoms with Crippen molar-refractivity contribution in [3.8, 4) is 22.8 Å².